The standard InChI is InChI=1S/C23H27N5O2/c1-24-23(25-15-17-6-4-7-20(12-17)28-10-5-9-26-28)27-11-8-18-13-21(29-2)22(30-3)14-19(18)16-27/h4-7,9-10,12-14H,8,11,15-16H2,1-3H3,(H,24,25). The molecule has 156 valence electrons. The van der Waals surface area contributed by atoms with E-state index in [0.29, 0.717) is 6.54 Å². The van der Waals surface area contributed by atoms with Crippen molar-refractivity contribution in [3.8, 4) is 17.2 Å². The van der Waals surface area contributed by atoms with E-state index in [0.717, 1.165) is 42.7 Å². The van der Waals surface area contributed by atoms with E-state index in [1.807, 2.05) is 30.1 Å². The van der Waals surface area contributed by atoms with Crippen LogP contribution >= 0.6 is 0 Å². The van der Waals surface area contributed by atoms with E-state index in [9.17, 15) is 0 Å². The molecule has 7 heteroatoms. The molecule has 1 N–H and O–H groups in total. The van der Waals surface area contributed by atoms with E-state index in [1.54, 1.807) is 20.4 Å². The van der Waals surface area contributed by atoms with Gasteiger partial charge in [0.05, 0.1) is 19.9 Å². The minimum Gasteiger partial charge on any atom is -0.493 e. The molecule has 2 aromatic carbocycles. The van der Waals surface area contributed by atoms with E-state index < -0.39 is 0 Å². The highest BCUT2D eigenvalue weighted by molar-refractivity contribution is 5.80. The Morgan fingerprint density at radius 3 is 2.60 bits per heavy atom. The first kappa shape index (κ1) is 19.8. The second-order valence-corrected chi connectivity index (χ2v) is 7.17. The number of aromatic nitrogens is 2. The molecule has 30 heavy (non-hydrogen) atoms. The summed E-state index contributed by atoms with van der Waals surface area (Å²) in [5.74, 6) is 2.43. The molecule has 0 atom stereocenters. The van der Waals surface area contributed by atoms with Crippen molar-refractivity contribution in [1.29, 1.82) is 0 Å². The van der Waals surface area contributed by atoms with E-state index in [2.05, 4.69) is 50.6 Å². The van der Waals surface area contributed by atoms with Crippen molar-refractivity contribution in [2.45, 2.75) is 19.5 Å². The minimum atomic E-state index is 0.692. The van der Waals surface area contributed by atoms with Gasteiger partial charge in [0.15, 0.2) is 17.5 Å². The van der Waals surface area contributed by atoms with Crippen molar-refractivity contribution in [3.05, 3.63) is 71.5 Å². The third-order valence-electron chi connectivity index (χ3n) is 5.36. The number of nitrogens with one attached hydrogen (secondary N) is 1. The lowest BCUT2D eigenvalue weighted by Gasteiger charge is -2.32. The maximum absolute atomic E-state index is 5.48. The zero-order chi connectivity index (χ0) is 20.9. The predicted octanol–water partition coefficient (Wildman–Crippen LogP) is 3.02. The topological polar surface area (TPSA) is 63.9 Å². The average molecular weight is 406 g/mol. The molecule has 0 amide bonds. The third kappa shape index (κ3) is 4.10. The second kappa shape index (κ2) is 8.90. The number of benzene rings is 2. The number of guanidine groups is 1. The van der Waals surface area contributed by atoms with Gasteiger partial charge in [-0.2, -0.15) is 5.10 Å². The average Bonchev–Trinajstić information content (AvgIpc) is 3.33. The van der Waals surface area contributed by atoms with Crippen molar-refractivity contribution in [1.82, 2.24) is 20.0 Å². The molecule has 0 saturated carbocycles. The summed E-state index contributed by atoms with van der Waals surface area (Å²) in [4.78, 5) is 6.78. The number of fused-ring (bicyclic) bond motifs is 1. The van der Waals surface area contributed by atoms with Gasteiger partial charge in [0.1, 0.15) is 0 Å². The Labute approximate surface area is 176 Å². The van der Waals surface area contributed by atoms with Crippen molar-refractivity contribution in [3.63, 3.8) is 0 Å². The summed E-state index contributed by atoms with van der Waals surface area (Å²) in [6.07, 6.45) is 4.66. The Bertz CT molecular complexity index is 1030. The van der Waals surface area contributed by atoms with Gasteiger partial charge in [-0.3, -0.25) is 4.99 Å². The molecule has 2 heterocycles. The molecular formula is C23H27N5O2. The number of nitrogens with zero attached hydrogens (tertiary/aromatic N) is 4. The highest BCUT2D eigenvalue weighted by Crippen LogP contribution is 2.33. The summed E-state index contributed by atoms with van der Waals surface area (Å²) in [7, 11) is 5.17. The van der Waals surface area contributed by atoms with Crippen LogP contribution in [0, 0.1) is 0 Å². The molecular weight excluding hydrogens is 378 g/mol. The monoisotopic (exact) mass is 405 g/mol. The highest BCUT2D eigenvalue weighted by atomic mass is 16.5. The van der Waals surface area contributed by atoms with Crippen molar-refractivity contribution >= 4 is 5.96 Å². The van der Waals surface area contributed by atoms with Crippen LogP contribution in [-0.2, 0) is 19.5 Å². The molecule has 0 radical (unpaired) electrons. The number of rotatable bonds is 5. The van der Waals surface area contributed by atoms with Crippen LogP contribution in [0.4, 0.5) is 0 Å². The molecule has 1 aromatic heterocycles. The van der Waals surface area contributed by atoms with Crippen LogP contribution in [0.1, 0.15) is 16.7 Å². The fourth-order valence-electron chi connectivity index (χ4n) is 3.81. The quantitative estimate of drug-likeness (QED) is 0.522. The molecule has 0 aliphatic carbocycles. The highest BCUT2D eigenvalue weighted by Gasteiger charge is 2.21. The molecule has 7 nitrogen and oxygen atoms in total. The van der Waals surface area contributed by atoms with Gasteiger partial charge in [-0.25, -0.2) is 4.68 Å². The van der Waals surface area contributed by atoms with Gasteiger partial charge < -0.3 is 19.7 Å². The van der Waals surface area contributed by atoms with Crippen LogP contribution in [0.15, 0.2) is 59.9 Å². The Hall–Kier alpha value is -3.48. The van der Waals surface area contributed by atoms with E-state index in [1.165, 1.54) is 16.7 Å². The van der Waals surface area contributed by atoms with E-state index in [-0.39, 0.29) is 0 Å². The van der Waals surface area contributed by atoms with Gasteiger partial charge >= 0.3 is 0 Å². The Morgan fingerprint density at radius 2 is 1.90 bits per heavy atom. The lowest BCUT2D eigenvalue weighted by Crippen LogP contribution is -2.43. The molecule has 0 unspecified atom stereocenters. The third-order valence-corrected chi connectivity index (χ3v) is 5.36. The molecule has 0 fully saturated rings. The largest absolute Gasteiger partial charge is 0.493 e. The van der Waals surface area contributed by atoms with Crippen LogP contribution in [0.25, 0.3) is 5.69 Å². The Kier molecular flexibility index (Phi) is 5.88. The van der Waals surface area contributed by atoms with Crippen molar-refractivity contribution in [2.24, 2.45) is 4.99 Å². The number of methoxy groups -OCH3 is 2. The lowest BCUT2D eigenvalue weighted by molar-refractivity contribution is 0.346. The first-order chi connectivity index (χ1) is 14.7. The number of hydrogen-bond donors (Lipinski definition) is 1. The van der Waals surface area contributed by atoms with Gasteiger partial charge in [-0.1, -0.05) is 12.1 Å². The fourth-order valence-corrected chi connectivity index (χ4v) is 3.81. The molecule has 1 aliphatic rings. The summed E-state index contributed by atoms with van der Waals surface area (Å²) in [5, 5.41) is 7.81. The van der Waals surface area contributed by atoms with Crippen molar-refractivity contribution < 1.29 is 9.47 Å². The number of hydrogen-bond acceptors (Lipinski definition) is 4. The molecule has 1 aliphatic heterocycles. The summed E-state index contributed by atoms with van der Waals surface area (Å²) in [5.41, 5.74) is 4.75. The smallest absolute Gasteiger partial charge is 0.194 e. The zero-order valence-electron chi connectivity index (χ0n) is 17.6. The van der Waals surface area contributed by atoms with Crippen LogP contribution in [-0.4, -0.2) is 48.5 Å². The summed E-state index contributed by atoms with van der Waals surface area (Å²) in [6, 6.07) is 14.4. The van der Waals surface area contributed by atoms with Gasteiger partial charge in [-0.15, -0.1) is 0 Å². The summed E-state index contributed by atoms with van der Waals surface area (Å²) >= 11 is 0. The number of aliphatic imine (C=N–C) groups is 1. The maximum Gasteiger partial charge on any atom is 0.194 e. The Morgan fingerprint density at radius 1 is 1.10 bits per heavy atom. The predicted molar refractivity (Wildman–Crippen MR) is 117 cm³/mol. The van der Waals surface area contributed by atoms with Crippen LogP contribution < -0.4 is 14.8 Å². The minimum absolute atomic E-state index is 0.692. The normalized spacial score (nSPS) is 13.7. The zero-order valence-corrected chi connectivity index (χ0v) is 17.6. The molecule has 0 bridgehead atoms. The fraction of sp³-hybridized carbons (Fsp3) is 0.304. The first-order valence-electron chi connectivity index (χ1n) is 10.00. The number of ether oxygens (including phenoxy) is 2. The second-order valence-electron chi connectivity index (χ2n) is 7.17. The van der Waals surface area contributed by atoms with Gasteiger partial charge in [0, 0.05) is 39.1 Å². The first-order valence-corrected chi connectivity index (χ1v) is 10.00. The van der Waals surface area contributed by atoms with Gasteiger partial charge in [-0.05, 0) is 53.4 Å². The maximum atomic E-state index is 5.48. The molecule has 3 aromatic rings. The van der Waals surface area contributed by atoms with Gasteiger partial charge in [0.2, 0.25) is 0 Å². The molecule has 0 spiro atoms. The van der Waals surface area contributed by atoms with Crippen LogP contribution in [0.3, 0.4) is 0 Å². The SMILES string of the molecule is CN=C(NCc1cccc(-n2cccn2)c1)N1CCc2cc(OC)c(OC)cc2C1. The Balaban J connectivity index is 1.45. The van der Waals surface area contributed by atoms with Crippen LogP contribution in [0.5, 0.6) is 11.5 Å². The summed E-state index contributed by atoms with van der Waals surface area (Å²) < 4.78 is 12.8. The lowest BCUT2D eigenvalue weighted by atomic mass is 9.99. The summed E-state index contributed by atoms with van der Waals surface area (Å²) in [6.45, 7) is 2.37. The van der Waals surface area contributed by atoms with Gasteiger partial charge in [0.25, 0.3) is 0 Å². The van der Waals surface area contributed by atoms with E-state index >= 15 is 0 Å². The molecule has 4 rings (SSSR count). The molecule has 0 saturated heterocycles. The van der Waals surface area contributed by atoms with E-state index in [4.69, 9.17) is 9.47 Å². The van der Waals surface area contributed by atoms with Crippen LogP contribution in [0.2, 0.25) is 0 Å². The van der Waals surface area contributed by atoms with Crippen molar-refractivity contribution in [2.75, 3.05) is 27.8 Å².